The number of fused-ring (bicyclic) bond motifs is 13. The molecule has 0 fully saturated rings. The van der Waals surface area contributed by atoms with Crippen LogP contribution in [0.2, 0.25) is 0 Å². The van der Waals surface area contributed by atoms with Crippen LogP contribution in [0.3, 0.4) is 0 Å². The van der Waals surface area contributed by atoms with E-state index in [0.29, 0.717) is 0 Å². The van der Waals surface area contributed by atoms with E-state index in [2.05, 4.69) is 227 Å². The van der Waals surface area contributed by atoms with Crippen LogP contribution >= 0.6 is 31.9 Å². The van der Waals surface area contributed by atoms with E-state index in [1.807, 2.05) is 0 Å². The molecule has 1 nitrogen and oxygen atoms in total. The zero-order chi connectivity index (χ0) is 37.1. The summed E-state index contributed by atoms with van der Waals surface area (Å²) in [6.45, 7) is 4.73. The molecule has 262 valence electrons. The van der Waals surface area contributed by atoms with Crippen molar-refractivity contribution in [1.82, 2.24) is 0 Å². The van der Waals surface area contributed by atoms with Gasteiger partial charge in [0.1, 0.15) is 0 Å². The van der Waals surface area contributed by atoms with Crippen LogP contribution in [-0.2, 0) is 10.8 Å². The minimum Gasteiger partial charge on any atom is -0.310 e. The average molecular weight is 834 g/mol. The van der Waals surface area contributed by atoms with Gasteiger partial charge in [-0.05, 0) is 132 Å². The minimum absolute atomic E-state index is 0.120. The van der Waals surface area contributed by atoms with Gasteiger partial charge in [0.15, 0.2) is 0 Å². The lowest BCUT2D eigenvalue weighted by atomic mass is 9.70. The molecule has 0 radical (unpaired) electrons. The molecule has 0 amide bonds. The highest BCUT2D eigenvalue weighted by Gasteiger charge is 2.51. The Kier molecular flexibility index (Phi) is 7.18. The van der Waals surface area contributed by atoms with Gasteiger partial charge in [-0.2, -0.15) is 0 Å². The zero-order valence-corrected chi connectivity index (χ0v) is 33.6. The van der Waals surface area contributed by atoms with E-state index < -0.39 is 5.41 Å². The molecule has 8 aromatic carbocycles. The number of halogens is 2. The fourth-order valence-corrected chi connectivity index (χ4v) is 10.8. The lowest BCUT2D eigenvalue weighted by molar-refractivity contribution is 0.660. The lowest BCUT2D eigenvalue weighted by Crippen LogP contribution is -2.26. The van der Waals surface area contributed by atoms with Crippen molar-refractivity contribution in [2.24, 2.45) is 0 Å². The van der Waals surface area contributed by atoms with Gasteiger partial charge in [0.2, 0.25) is 0 Å². The predicted octanol–water partition coefficient (Wildman–Crippen LogP) is 15.0. The Labute approximate surface area is 339 Å². The summed E-state index contributed by atoms with van der Waals surface area (Å²) in [5.74, 6) is 0. The highest BCUT2D eigenvalue weighted by atomic mass is 79.9. The van der Waals surface area contributed by atoms with Crippen LogP contribution < -0.4 is 4.90 Å². The normalized spacial score (nSPS) is 14.5. The summed E-state index contributed by atoms with van der Waals surface area (Å²) in [5.41, 5.74) is 21.2. The molecule has 1 spiro atoms. The molecule has 3 aliphatic rings. The third kappa shape index (κ3) is 4.57. The molecular weight excluding hydrogens is 798 g/mol. The second-order valence-corrected chi connectivity index (χ2v) is 17.3. The van der Waals surface area contributed by atoms with Crippen molar-refractivity contribution in [2.75, 3.05) is 4.90 Å². The Bertz CT molecular complexity index is 2820. The Balaban J connectivity index is 1.15. The average Bonchev–Trinajstić information content (AvgIpc) is 3.78. The first-order chi connectivity index (χ1) is 26.9. The van der Waals surface area contributed by atoms with E-state index >= 15 is 0 Å². The summed E-state index contributed by atoms with van der Waals surface area (Å²) in [5, 5.41) is 0. The van der Waals surface area contributed by atoms with E-state index in [9.17, 15) is 0 Å². The lowest BCUT2D eigenvalue weighted by Gasteiger charge is -2.32. The van der Waals surface area contributed by atoms with Crippen molar-refractivity contribution >= 4 is 48.9 Å². The maximum Gasteiger partial charge on any atom is 0.0726 e. The van der Waals surface area contributed by atoms with E-state index in [1.54, 1.807) is 0 Å². The molecule has 0 saturated heterocycles. The van der Waals surface area contributed by atoms with Crippen LogP contribution in [0.1, 0.15) is 47.2 Å². The van der Waals surface area contributed by atoms with E-state index in [4.69, 9.17) is 0 Å². The monoisotopic (exact) mass is 831 g/mol. The number of benzene rings is 8. The molecule has 0 unspecified atom stereocenters. The molecule has 0 heterocycles. The molecule has 0 aromatic heterocycles. The van der Waals surface area contributed by atoms with Crippen molar-refractivity contribution < 1.29 is 0 Å². The molecule has 0 aliphatic heterocycles. The quantitative estimate of drug-likeness (QED) is 0.171. The first-order valence-electron chi connectivity index (χ1n) is 18.9. The maximum absolute atomic E-state index is 3.80. The maximum atomic E-state index is 3.80. The van der Waals surface area contributed by atoms with Gasteiger partial charge in [0.05, 0.1) is 5.41 Å². The number of rotatable bonds is 4. The van der Waals surface area contributed by atoms with Gasteiger partial charge in [0.25, 0.3) is 0 Å². The van der Waals surface area contributed by atoms with Crippen molar-refractivity contribution in [2.45, 2.75) is 24.7 Å². The van der Waals surface area contributed by atoms with Crippen LogP contribution in [0.25, 0.3) is 44.5 Å². The Hall–Kier alpha value is -5.48. The Morgan fingerprint density at radius 2 is 0.800 bits per heavy atom. The number of anilines is 3. The first kappa shape index (κ1) is 32.9. The Morgan fingerprint density at radius 3 is 1.36 bits per heavy atom. The van der Waals surface area contributed by atoms with Crippen LogP contribution in [0.15, 0.2) is 185 Å². The summed E-state index contributed by atoms with van der Waals surface area (Å²) in [7, 11) is 0. The molecule has 0 N–H and O–H groups in total. The second-order valence-electron chi connectivity index (χ2n) is 15.5. The zero-order valence-electron chi connectivity index (χ0n) is 30.4. The molecule has 0 atom stereocenters. The summed E-state index contributed by atoms with van der Waals surface area (Å²) >= 11 is 7.49. The number of nitrogens with zero attached hydrogens (tertiary/aromatic N) is 1. The fraction of sp³-hybridized carbons (Fsp3) is 0.0769. The van der Waals surface area contributed by atoms with E-state index in [0.717, 1.165) is 37.1 Å². The topological polar surface area (TPSA) is 3.24 Å². The second kappa shape index (κ2) is 12.0. The van der Waals surface area contributed by atoms with Gasteiger partial charge in [-0.1, -0.05) is 167 Å². The van der Waals surface area contributed by atoms with Crippen molar-refractivity contribution in [3.63, 3.8) is 0 Å². The predicted molar refractivity (Wildman–Crippen MR) is 236 cm³/mol. The molecule has 0 bridgehead atoms. The summed E-state index contributed by atoms with van der Waals surface area (Å²) in [6, 6.07) is 65.7. The summed E-state index contributed by atoms with van der Waals surface area (Å²) in [6.07, 6.45) is 0. The fourth-order valence-electron chi connectivity index (χ4n) is 10.0. The van der Waals surface area contributed by atoms with Gasteiger partial charge in [-0.15, -0.1) is 0 Å². The van der Waals surface area contributed by atoms with Crippen LogP contribution in [0, 0.1) is 0 Å². The third-order valence-corrected chi connectivity index (χ3v) is 13.6. The molecular formula is C52H35Br2N. The molecule has 3 aliphatic carbocycles. The van der Waals surface area contributed by atoms with Crippen molar-refractivity contribution in [3.05, 3.63) is 218 Å². The molecule has 0 saturated carbocycles. The standard InChI is InChI=1S/C52H35Br2N/c1-51(2)44-15-7-3-11-37(44)41-26-24-35(30-48(41)51)55(34-22-19-32(20-23-34)43-29-33(53)21-28-50(43)54)36-25-27-42-40-14-6-10-18-47(40)52(49(42)31-36)45-16-8-4-12-38(45)39-13-5-9-17-46(39)52/h3-31H,1-2H3. The van der Waals surface area contributed by atoms with Crippen molar-refractivity contribution in [3.8, 4) is 44.5 Å². The highest BCUT2D eigenvalue weighted by molar-refractivity contribution is 9.11. The molecule has 8 aromatic rings. The van der Waals surface area contributed by atoms with Crippen LogP contribution in [0.4, 0.5) is 17.1 Å². The third-order valence-electron chi connectivity index (χ3n) is 12.4. The summed E-state index contributed by atoms with van der Waals surface area (Å²) in [4.78, 5) is 2.46. The van der Waals surface area contributed by atoms with Crippen LogP contribution in [-0.4, -0.2) is 0 Å². The number of hydrogen-bond donors (Lipinski definition) is 0. The van der Waals surface area contributed by atoms with Gasteiger partial charge in [0, 0.05) is 31.4 Å². The largest absolute Gasteiger partial charge is 0.310 e. The van der Waals surface area contributed by atoms with Gasteiger partial charge in [-0.3, -0.25) is 0 Å². The number of hydrogen-bond acceptors (Lipinski definition) is 1. The minimum atomic E-state index is -0.417. The smallest absolute Gasteiger partial charge is 0.0726 e. The van der Waals surface area contributed by atoms with Crippen molar-refractivity contribution in [1.29, 1.82) is 0 Å². The van der Waals surface area contributed by atoms with Gasteiger partial charge < -0.3 is 4.90 Å². The van der Waals surface area contributed by atoms with E-state index in [-0.39, 0.29) is 5.41 Å². The van der Waals surface area contributed by atoms with Gasteiger partial charge in [-0.25, -0.2) is 0 Å². The SMILES string of the molecule is CC1(C)c2ccccc2-c2ccc(N(c3ccc(-c4cc(Br)ccc4Br)cc3)c3ccc4c(c3)C3(c5ccccc5-c5ccccc53)c3ccccc3-4)cc21. The summed E-state index contributed by atoms with van der Waals surface area (Å²) < 4.78 is 2.13. The van der Waals surface area contributed by atoms with Gasteiger partial charge >= 0.3 is 0 Å². The molecule has 11 rings (SSSR count). The molecule has 55 heavy (non-hydrogen) atoms. The highest BCUT2D eigenvalue weighted by Crippen LogP contribution is 2.63. The van der Waals surface area contributed by atoms with E-state index in [1.165, 1.54) is 66.8 Å². The molecule has 3 heteroatoms. The van der Waals surface area contributed by atoms with Crippen LogP contribution in [0.5, 0.6) is 0 Å². The Morgan fingerprint density at radius 1 is 0.364 bits per heavy atom. The first-order valence-corrected chi connectivity index (χ1v) is 20.5.